The Balaban J connectivity index is 1.75. The van der Waals surface area contributed by atoms with E-state index >= 15 is 0 Å². The third-order valence-electron chi connectivity index (χ3n) is 5.16. The molecular weight excluding hydrogens is 398 g/mol. The molecule has 1 atom stereocenters. The van der Waals surface area contributed by atoms with Crippen LogP contribution in [0.4, 0.5) is 5.69 Å². The fraction of sp³-hybridized carbons (Fsp3) is 0.409. The smallest absolute Gasteiger partial charge is 0.242 e. The molecule has 30 heavy (non-hydrogen) atoms. The lowest BCUT2D eigenvalue weighted by Crippen LogP contribution is -2.52. The number of hydrogen-bond acceptors (Lipinski definition) is 5. The quantitative estimate of drug-likeness (QED) is 0.533. The molecule has 1 aliphatic heterocycles. The summed E-state index contributed by atoms with van der Waals surface area (Å²) in [6.45, 7) is 3.91. The van der Waals surface area contributed by atoms with Crippen LogP contribution in [-0.2, 0) is 16.4 Å². The van der Waals surface area contributed by atoms with Crippen LogP contribution in [0.15, 0.2) is 58.4 Å². The maximum Gasteiger partial charge on any atom is 0.242 e. The highest BCUT2D eigenvalue weighted by Gasteiger charge is 2.27. The van der Waals surface area contributed by atoms with E-state index in [1.165, 1.54) is 4.31 Å². The monoisotopic (exact) mass is 429 g/mol. The first-order valence-corrected chi connectivity index (χ1v) is 11.8. The standard InChI is InChI=1S/C22H31N5O2S/c1-4-17-10-12-18(13-11-17)30(28,29)27(3)16-21-25-20-9-6-5-8-19(20)22(26-21)24-15-7-14-23-2/h5-6,8-13,21,23,25H,4,7,14-16H2,1-3H3,(H,24,26). The molecular formula is C22H31N5O2S. The van der Waals surface area contributed by atoms with Crippen molar-refractivity contribution in [2.75, 3.05) is 39.0 Å². The van der Waals surface area contributed by atoms with Crippen LogP contribution in [0, 0.1) is 0 Å². The Bertz CT molecular complexity index is 973. The highest BCUT2D eigenvalue weighted by Crippen LogP contribution is 2.22. The van der Waals surface area contributed by atoms with Gasteiger partial charge < -0.3 is 16.0 Å². The Morgan fingerprint density at radius 1 is 1.10 bits per heavy atom. The zero-order chi connectivity index (χ0) is 21.6. The largest absolute Gasteiger partial charge is 0.364 e. The second-order valence-corrected chi connectivity index (χ2v) is 9.40. The molecule has 0 saturated heterocycles. The van der Waals surface area contributed by atoms with Crippen LogP contribution in [0.3, 0.4) is 0 Å². The molecule has 1 unspecified atom stereocenters. The molecule has 2 aromatic carbocycles. The van der Waals surface area contributed by atoms with Gasteiger partial charge in [-0.2, -0.15) is 4.31 Å². The fourth-order valence-electron chi connectivity index (χ4n) is 3.38. The number of anilines is 1. The van der Waals surface area contributed by atoms with E-state index in [0.29, 0.717) is 11.4 Å². The molecule has 2 aromatic rings. The zero-order valence-electron chi connectivity index (χ0n) is 17.9. The summed E-state index contributed by atoms with van der Waals surface area (Å²) in [6.07, 6.45) is 1.53. The average Bonchev–Trinajstić information content (AvgIpc) is 2.76. The Morgan fingerprint density at radius 2 is 1.83 bits per heavy atom. The molecule has 3 N–H and O–H groups in total. The van der Waals surface area contributed by atoms with Crippen LogP contribution in [0.5, 0.6) is 0 Å². The topological polar surface area (TPSA) is 85.8 Å². The van der Waals surface area contributed by atoms with Crippen LogP contribution in [-0.4, -0.2) is 58.5 Å². The number of para-hydroxylation sites is 1. The van der Waals surface area contributed by atoms with E-state index in [0.717, 1.165) is 42.0 Å². The van der Waals surface area contributed by atoms with Gasteiger partial charge in [-0.15, -0.1) is 0 Å². The van der Waals surface area contributed by atoms with Crippen LogP contribution in [0.2, 0.25) is 0 Å². The van der Waals surface area contributed by atoms with Gasteiger partial charge in [0, 0.05) is 24.8 Å². The van der Waals surface area contributed by atoms with E-state index in [1.807, 2.05) is 50.4 Å². The molecule has 0 radical (unpaired) electrons. The van der Waals surface area contributed by atoms with Crippen molar-refractivity contribution >= 4 is 21.5 Å². The Morgan fingerprint density at radius 3 is 2.53 bits per heavy atom. The molecule has 1 heterocycles. The first kappa shape index (κ1) is 22.3. The van der Waals surface area contributed by atoms with Gasteiger partial charge in [0.25, 0.3) is 0 Å². The number of nitrogens with zero attached hydrogens (tertiary/aromatic N) is 2. The predicted molar refractivity (Wildman–Crippen MR) is 123 cm³/mol. The summed E-state index contributed by atoms with van der Waals surface area (Å²) >= 11 is 0. The molecule has 0 bridgehead atoms. The van der Waals surface area contributed by atoms with Crippen molar-refractivity contribution in [3.05, 3.63) is 59.7 Å². The summed E-state index contributed by atoms with van der Waals surface area (Å²) in [5.74, 6) is 0.795. The summed E-state index contributed by atoms with van der Waals surface area (Å²) in [5, 5.41) is 9.89. The summed E-state index contributed by atoms with van der Waals surface area (Å²) in [4.78, 5) is 5.02. The number of nitrogens with one attached hydrogen (secondary N) is 3. The van der Waals surface area contributed by atoms with Crippen LogP contribution >= 0.6 is 0 Å². The van der Waals surface area contributed by atoms with Gasteiger partial charge >= 0.3 is 0 Å². The molecule has 0 amide bonds. The van der Waals surface area contributed by atoms with Crippen molar-refractivity contribution in [3.8, 4) is 0 Å². The van der Waals surface area contributed by atoms with Crippen LogP contribution < -0.4 is 16.0 Å². The second kappa shape index (κ2) is 10.1. The van der Waals surface area contributed by atoms with Gasteiger partial charge in [0.05, 0.1) is 11.4 Å². The highest BCUT2D eigenvalue weighted by atomic mass is 32.2. The van der Waals surface area contributed by atoms with Gasteiger partial charge in [0.1, 0.15) is 12.0 Å². The SMILES string of the molecule is CCc1ccc(S(=O)(=O)N(C)CC2NC(=NCCCNC)c3ccccc3N2)cc1. The van der Waals surface area contributed by atoms with Crippen molar-refractivity contribution in [2.45, 2.75) is 30.8 Å². The molecule has 162 valence electrons. The maximum absolute atomic E-state index is 13.0. The summed E-state index contributed by atoms with van der Waals surface area (Å²) in [6, 6.07) is 15.0. The molecule has 3 rings (SSSR count). The molecule has 8 heteroatoms. The van der Waals surface area contributed by atoms with Crippen molar-refractivity contribution in [2.24, 2.45) is 4.99 Å². The normalized spacial score (nSPS) is 17.5. The predicted octanol–water partition coefficient (Wildman–Crippen LogP) is 2.27. The van der Waals surface area contributed by atoms with Crippen molar-refractivity contribution < 1.29 is 8.42 Å². The van der Waals surface area contributed by atoms with Crippen molar-refractivity contribution in [1.82, 2.24) is 14.9 Å². The van der Waals surface area contributed by atoms with Gasteiger partial charge in [-0.25, -0.2) is 8.42 Å². The molecule has 1 aliphatic rings. The summed E-state index contributed by atoms with van der Waals surface area (Å²) in [5.41, 5.74) is 3.06. The number of aliphatic imine (C=N–C) groups is 1. The minimum absolute atomic E-state index is 0.266. The van der Waals surface area contributed by atoms with E-state index in [2.05, 4.69) is 16.0 Å². The number of rotatable bonds is 9. The maximum atomic E-state index is 13.0. The Hall–Kier alpha value is -2.42. The summed E-state index contributed by atoms with van der Waals surface area (Å²) < 4.78 is 27.4. The molecule has 0 spiro atoms. The van der Waals surface area contributed by atoms with Gasteiger partial charge in [0.2, 0.25) is 10.0 Å². The van der Waals surface area contributed by atoms with E-state index in [4.69, 9.17) is 4.99 Å². The van der Waals surface area contributed by atoms with Crippen molar-refractivity contribution in [1.29, 1.82) is 0 Å². The number of likely N-dealkylation sites (N-methyl/N-ethyl adjacent to an activating group) is 1. The van der Waals surface area contributed by atoms with Gasteiger partial charge in [-0.1, -0.05) is 31.2 Å². The average molecular weight is 430 g/mol. The highest BCUT2D eigenvalue weighted by molar-refractivity contribution is 7.89. The van der Waals surface area contributed by atoms with Crippen LogP contribution in [0.1, 0.15) is 24.5 Å². The van der Waals surface area contributed by atoms with Gasteiger partial charge in [0.15, 0.2) is 0 Å². The molecule has 0 fully saturated rings. The Labute approximate surface area is 179 Å². The second-order valence-electron chi connectivity index (χ2n) is 7.36. The lowest BCUT2D eigenvalue weighted by Gasteiger charge is -2.32. The van der Waals surface area contributed by atoms with Crippen LogP contribution in [0.25, 0.3) is 0 Å². The number of fused-ring (bicyclic) bond motifs is 1. The first-order chi connectivity index (χ1) is 14.5. The molecule has 0 saturated carbocycles. The molecule has 0 aromatic heterocycles. The number of hydrogen-bond donors (Lipinski definition) is 3. The zero-order valence-corrected chi connectivity index (χ0v) is 18.7. The minimum Gasteiger partial charge on any atom is -0.364 e. The van der Waals surface area contributed by atoms with E-state index in [-0.39, 0.29) is 12.7 Å². The third kappa shape index (κ3) is 5.19. The lowest BCUT2D eigenvalue weighted by molar-refractivity contribution is 0.434. The van der Waals surface area contributed by atoms with E-state index in [9.17, 15) is 8.42 Å². The molecule has 0 aliphatic carbocycles. The fourth-order valence-corrected chi connectivity index (χ4v) is 4.57. The molecule has 7 nitrogen and oxygen atoms in total. The lowest BCUT2D eigenvalue weighted by atomic mass is 10.1. The number of aryl methyl sites for hydroxylation is 1. The first-order valence-electron chi connectivity index (χ1n) is 10.3. The summed E-state index contributed by atoms with van der Waals surface area (Å²) in [7, 11) is -0.0455. The number of amidine groups is 1. The Kier molecular flexibility index (Phi) is 7.47. The van der Waals surface area contributed by atoms with Gasteiger partial charge in [-0.05, 0) is 56.3 Å². The third-order valence-corrected chi connectivity index (χ3v) is 6.99. The van der Waals surface area contributed by atoms with Crippen molar-refractivity contribution in [3.63, 3.8) is 0 Å². The van der Waals surface area contributed by atoms with Gasteiger partial charge in [-0.3, -0.25) is 4.99 Å². The number of benzene rings is 2. The number of sulfonamides is 1. The minimum atomic E-state index is -3.58. The van der Waals surface area contributed by atoms with E-state index in [1.54, 1.807) is 19.2 Å². The van der Waals surface area contributed by atoms with E-state index < -0.39 is 10.0 Å².